The normalized spacial score (nSPS) is 10.5. The Bertz CT molecular complexity index is 389. The predicted octanol–water partition coefficient (Wildman–Crippen LogP) is 3.24. The minimum Gasteiger partial charge on any atom is -0.294 e. The third-order valence-corrected chi connectivity index (χ3v) is 1.81. The molecule has 1 aromatic rings. The van der Waals surface area contributed by atoms with Gasteiger partial charge in [0.15, 0.2) is 5.78 Å². The van der Waals surface area contributed by atoms with E-state index in [9.17, 15) is 13.6 Å². The maximum absolute atomic E-state index is 13.0. The van der Waals surface area contributed by atoms with E-state index in [4.69, 9.17) is 0 Å². The Morgan fingerprint density at radius 1 is 1.40 bits per heavy atom. The molecule has 0 amide bonds. The van der Waals surface area contributed by atoms with E-state index in [2.05, 4.69) is 6.58 Å². The van der Waals surface area contributed by atoms with Crippen LogP contribution in [0, 0.1) is 0 Å². The van der Waals surface area contributed by atoms with E-state index in [0.717, 1.165) is 0 Å². The molecule has 0 saturated heterocycles. The van der Waals surface area contributed by atoms with Gasteiger partial charge in [0.25, 0.3) is 5.92 Å². The van der Waals surface area contributed by atoms with Crippen molar-refractivity contribution in [3.05, 3.63) is 54.3 Å². The van der Waals surface area contributed by atoms with Gasteiger partial charge >= 0.3 is 0 Å². The summed E-state index contributed by atoms with van der Waals surface area (Å²) in [5.74, 6) is -3.76. The van der Waals surface area contributed by atoms with Crippen molar-refractivity contribution in [2.75, 3.05) is 0 Å². The molecule has 0 aromatic heterocycles. The highest BCUT2D eigenvalue weighted by Gasteiger charge is 2.29. The molecule has 1 aromatic carbocycles. The predicted molar refractivity (Wildman–Crippen MR) is 54.0 cm³/mol. The zero-order chi connectivity index (χ0) is 11.3. The maximum Gasteiger partial charge on any atom is 0.280 e. The van der Waals surface area contributed by atoms with Crippen LogP contribution in [-0.4, -0.2) is 11.7 Å². The highest BCUT2D eigenvalue weighted by Crippen LogP contribution is 2.22. The molecule has 0 fully saturated rings. The first kappa shape index (κ1) is 11.3. The van der Waals surface area contributed by atoms with Crippen LogP contribution >= 0.6 is 0 Å². The summed E-state index contributed by atoms with van der Waals surface area (Å²) in [7, 11) is 0. The quantitative estimate of drug-likeness (QED) is 0.548. The fourth-order valence-electron chi connectivity index (χ4n) is 1.14. The zero-order valence-corrected chi connectivity index (χ0v) is 8.04. The van der Waals surface area contributed by atoms with Crippen LogP contribution in [0.4, 0.5) is 8.78 Å². The molecule has 0 heterocycles. The van der Waals surface area contributed by atoms with E-state index >= 15 is 0 Å². The van der Waals surface area contributed by atoms with Crippen LogP contribution in [0.2, 0.25) is 0 Å². The monoisotopic (exact) mass is 208 g/mol. The van der Waals surface area contributed by atoms with Crippen LogP contribution in [-0.2, 0) is 0 Å². The molecular formula is C12H10F2O. The standard InChI is InChI=1S/C12H10F2O/c1-2-8-12(13,14)9-11(15)10-6-4-3-5-7-10/h3-8H,1,9H2. The molecule has 0 spiro atoms. The van der Waals surface area contributed by atoms with Gasteiger partial charge in [0.2, 0.25) is 0 Å². The Balaban J connectivity index is 2.76. The topological polar surface area (TPSA) is 17.1 Å². The highest BCUT2D eigenvalue weighted by molar-refractivity contribution is 5.96. The number of hydrogen-bond acceptors (Lipinski definition) is 1. The minimum atomic E-state index is -3.17. The highest BCUT2D eigenvalue weighted by atomic mass is 19.3. The number of Topliss-reactive ketones (excluding diaryl/α,β-unsaturated/α-hetero) is 1. The molecule has 15 heavy (non-hydrogen) atoms. The molecule has 0 N–H and O–H groups in total. The zero-order valence-electron chi connectivity index (χ0n) is 8.04. The summed E-state index contributed by atoms with van der Waals surface area (Å²) in [5, 5.41) is 0. The summed E-state index contributed by atoms with van der Waals surface area (Å²) >= 11 is 0. The first-order chi connectivity index (χ1) is 7.05. The van der Waals surface area contributed by atoms with Gasteiger partial charge < -0.3 is 0 Å². The van der Waals surface area contributed by atoms with Crippen LogP contribution in [0.3, 0.4) is 0 Å². The number of allylic oxidation sites excluding steroid dienone is 1. The fraction of sp³-hybridized carbons (Fsp3) is 0.167. The molecule has 0 aliphatic rings. The molecule has 0 bridgehead atoms. The van der Waals surface area contributed by atoms with Gasteiger partial charge in [-0.15, -0.1) is 5.73 Å². The Kier molecular flexibility index (Phi) is 3.53. The van der Waals surface area contributed by atoms with E-state index in [1.54, 1.807) is 18.2 Å². The smallest absolute Gasteiger partial charge is 0.280 e. The molecular weight excluding hydrogens is 198 g/mol. The number of carbonyl (C=O) groups excluding carboxylic acids is 1. The van der Waals surface area contributed by atoms with Crippen molar-refractivity contribution in [3.8, 4) is 0 Å². The van der Waals surface area contributed by atoms with E-state index in [1.807, 2.05) is 5.73 Å². The summed E-state index contributed by atoms with van der Waals surface area (Å²) in [6.45, 7) is 3.05. The molecule has 0 saturated carbocycles. The molecule has 1 nitrogen and oxygen atoms in total. The lowest BCUT2D eigenvalue weighted by atomic mass is 10.0. The fourth-order valence-corrected chi connectivity index (χ4v) is 1.14. The molecule has 3 heteroatoms. The summed E-state index contributed by atoms with van der Waals surface area (Å²) in [6, 6.07) is 8.01. The van der Waals surface area contributed by atoms with Crippen molar-refractivity contribution in [1.29, 1.82) is 0 Å². The summed E-state index contributed by atoms with van der Waals surface area (Å²) < 4.78 is 26.0. The van der Waals surface area contributed by atoms with Crippen molar-refractivity contribution >= 4 is 5.78 Å². The number of ketones is 1. The lowest BCUT2D eigenvalue weighted by Gasteiger charge is -2.09. The van der Waals surface area contributed by atoms with Crippen LogP contribution < -0.4 is 0 Å². The van der Waals surface area contributed by atoms with Gasteiger partial charge in [-0.05, 0) is 0 Å². The molecule has 0 unspecified atom stereocenters. The average molecular weight is 208 g/mol. The number of carbonyl (C=O) groups is 1. The van der Waals surface area contributed by atoms with Gasteiger partial charge in [0, 0.05) is 11.6 Å². The largest absolute Gasteiger partial charge is 0.294 e. The van der Waals surface area contributed by atoms with Gasteiger partial charge in [-0.3, -0.25) is 4.79 Å². The average Bonchev–Trinajstić information content (AvgIpc) is 2.18. The Labute approximate surface area is 86.7 Å². The lowest BCUT2D eigenvalue weighted by Crippen LogP contribution is -2.17. The van der Waals surface area contributed by atoms with E-state index in [0.29, 0.717) is 6.08 Å². The minimum absolute atomic E-state index is 0.287. The van der Waals surface area contributed by atoms with E-state index < -0.39 is 18.1 Å². The molecule has 0 atom stereocenters. The van der Waals surface area contributed by atoms with Gasteiger partial charge in [-0.1, -0.05) is 36.9 Å². The SMILES string of the molecule is C=C=CC(F)(F)CC(=O)c1ccccc1. The second-order valence-electron chi connectivity index (χ2n) is 3.08. The summed E-state index contributed by atoms with van der Waals surface area (Å²) in [5.41, 5.74) is 2.27. The summed E-state index contributed by atoms with van der Waals surface area (Å²) in [4.78, 5) is 11.4. The number of halogens is 2. The number of alkyl halides is 2. The molecule has 1 rings (SSSR count). The van der Waals surface area contributed by atoms with Crippen molar-refractivity contribution in [2.45, 2.75) is 12.3 Å². The maximum atomic E-state index is 13.0. The van der Waals surface area contributed by atoms with Gasteiger partial charge in [0.05, 0.1) is 6.42 Å². The van der Waals surface area contributed by atoms with Crippen LogP contribution in [0.5, 0.6) is 0 Å². The number of hydrogen-bond donors (Lipinski definition) is 0. The summed E-state index contributed by atoms with van der Waals surface area (Å²) in [6.07, 6.45) is -0.340. The third-order valence-electron chi connectivity index (χ3n) is 1.81. The van der Waals surface area contributed by atoms with Gasteiger partial charge in [0.1, 0.15) is 0 Å². The second kappa shape index (κ2) is 4.67. The van der Waals surface area contributed by atoms with E-state index in [-0.39, 0.29) is 5.56 Å². The Morgan fingerprint density at radius 3 is 2.53 bits per heavy atom. The van der Waals surface area contributed by atoms with Crippen LogP contribution in [0.1, 0.15) is 16.8 Å². The Hall–Kier alpha value is -1.73. The number of rotatable bonds is 4. The van der Waals surface area contributed by atoms with Gasteiger partial charge in [-0.25, -0.2) is 8.78 Å². The van der Waals surface area contributed by atoms with Crippen LogP contribution in [0.25, 0.3) is 0 Å². The molecule has 0 aliphatic heterocycles. The molecule has 0 radical (unpaired) electrons. The first-order valence-corrected chi connectivity index (χ1v) is 4.38. The van der Waals surface area contributed by atoms with Gasteiger partial charge in [-0.2, -0.15) is 0 Å². The molecule has 0 aliphatic carbocycles. The van der Waals surface area contributed by atoms with Crippen molar-refractivity contribution < 1.29 is 13.6 Å². The van der Waals surface area contributed by atoms with Crippen molar-refractivity contribution in [2.24, 2.45) is 0 Å². The Morgan fingerprint density at radius 2 is 2.00 bits per heavy atom. The van der Waals surface area contributed by atoms with Crippen LogP contribution in [0.15, 0.2) is 48.7 Å². The number of benzene rings is 1. The second-order valence-corrected chi connectivity index (χ2v) is 3.08. The van der Waals surface area contributed by atoms with Crippen molar-refractivity contribution in [1.82, 2.24) is 0 Å². The van der Waals surface area contributed by atoms with E-state index in [1.165, 1.54) is 12.1 Å². The third kappa shape index (κ3) is 3.49. The lowest BCUT2D eigenvalue weighted by molar-refractivity contribution is 0.0418. The molecule has 78 valence electrons. The van der Waals surface area contributed by atoms with Crippen molar-refractivity contribution in [3.63, 3.8) is 0 Å². The first-order valence-electron chi connectivity index (χ1n) is 4.38.